The summed E-state index contributed by atoms with van der Waals surface area (Å²) in [4.78, 5) is 25.1. The maximum absolute atomic E-state index is 12.1. The monoisotopic (exact) mass is 345 g/mol. The Balaban J connectivity index is 1.43. The number of amides is 1. The van der Waals surface area contributed by atoms with Crippen LogP contribution in [0, 0.1) is 0 Å². The smallest absolute Gasteiger partial charge is 0.237 e. The molecule has 0 radical (unpaired) electrons. The molecular weight excluding hydrogens is 322 g/mol. The third-order valence-electron chi connectivity index (χ3n) is 4.24. The van der Waals surface area contributed by atoms with E-state index in [1.165, 1.54) is 12.8 Å². The highest BCUT2D eigenvalue weighted by Gasteiger charge is 2.20. The molecule has 24 heavy (non-hydrogen) atoms. The molecule has 2 aromatic heterocycles. The van der Waals surface area contributed by atoms with Gasteiger partial charge >= 0.3 is 0 Å². The van der Waals surface area contributed by atoms with E-state index in [4.69, 9.17) is 0 Å². The van der Waals surface area contributed by atoms with Crippen molar-refractivity contribution >= 4 is 17.2 Å². The zero-order valence-corrected chi connectivity index (χ0v) is 14.7. The van der Waals surface area contributed by atoms with Crippen LogP contribution in [-0.2, 0) is 11.2 Å². The standard InChI is InChI=1S/C17H23N5OS/c1-12(16(23)21-13-5-2-3-6-13)18-10-7-14-11-24-17(22-14)15-19-8-4-9-20-15/h4,8-9,11-13,18H,2-3,5-7,10H2,1H3,(H,21,23). The first kappa shape index (κ1) is 17.0. The summed E-state index contributed by atoms with van der Waals surface area (Å²) in [7, 11) is 0. The van der Waals surface area contributed by atoms with Gasteiger partial charge in [-0.1, -0.05) is 12.8 Å². The average Bonchev–Trinajstić information content (AvgIpc) is 3.27. The van der Waals surface area contributed by atoms with Crippen molar-refractivity contribution in [1.29, 1.82) is 0 Å². The van der Waals surface area contributed by atoms with Crippen LogP contribution in [0.25, 0.3) is 10.8 Å². The molecule has 1 unspecified atom stereocenters. The lowest BCUT2D eigenvalue weighted by molar-refractivity contribution is -0.123. The van der Waals surface area contributed by atoms with Crippen LogP contribution in [0.1, 0.15) is 38.3 Å². The highest BCUT2D eigenvalue weighted by Crippen LogP contribution is 2.19. The summed E-state index contributed by atoms with van der Waals surface area (Å²) in [5.41, 5.74) is 0.998. The van der Waals surface area contributed by atoms with Gasteiger partial charge in [0, 0.05) is 36.8 Å². The Morgan fingerprint density at radius 1 is 1.33 bits per heavy atom. The lowest BCUT2D eigenvalue weighted by Crippen LogP contribution is -2.46. The topological polar surface area (TPSA) is 79.8 Å². The quantitative estimate of drug-likeness (QED) is 0.804. The molecule has 0 aliphatic heterocycles. The number of nitrogens with zero attached hydrogens (tertiary/aromatic N) is 3. The Kier molecular flexibility index (Phi) is 5.87. The molecule has 1 aliphatic rings. The second kappa shape index (κ2) is 8.30. The van der Waals surface area contributed by atoms with E-state index < -0.39 is 0 Å². The molecule has 0 bridgehead atoms. The van der Waals surface area contributed by atoms with Gasteiger partial charge in [0.15, 0.2) is 10.8 Å². The predicted octanol–water partition coefficient (Wildman–Crippen LogP) is 2.18. The first-order valence-electron chi connectivity index (χ1n) is 8.48. The minimum atomic E-state index is -0.179. The van der Waals surface area contributed by atoms with Crippen molar-refractivity contribution in [3.05, 3.63) is 29.5 Å². The van der Waals surface area contributed by atoms with Gasteiger partial charge in [0.25, 0.3) is 0 Å². The number of nitrogens with one attached hydrogen (secondary N) is 2. The second-order valence-corrected chi connectivity index (χ2v) is 6.99. The highest BCUT2D eigenvalue weighted by atomic mass is 32.1. The molecule has 3 rings (SSSR count). The summed E-state index contributed by atoms with van der Waals surface area (Å²) < 4.78 is 0. The molecule has 6 nitrogen and oxygen atoms in total. The molecular formula is C17H23N5OS. The number of rotatable bonds is 7. The summed E-state index contributed by atoms with van der Waals surface area (Å²) in [5.74, 6) is 0.754. The third-order valence-corrected chi connectivity index (χ3v) is 5.12. The highest BCUT2D eigenvalue weighted by molar-refractivity contribution is 7.13. The number of hydrogen-bond acceptors (Lipinski definition) is 6. The molecule has 1 amide bonds. The van der Waals surface area contributed by atoms with E-state index in [0.717, 1.165) is 36.5 Å². The molecule has 0 saturated heterocycles. The van der Waals surface area contributed by atoms with Gasteiger partial charge in [0.05, 0.1) is 11.7 Å². The zero-order valence-electron chi connectivity index (χ0n) is 13.9. The molecule has 2 heterocycles. The van der Waals surface area contributed by atoms with Gasteiger partial charge in [-0.2, -0.15) is 0 Å². The van der Waals surface area contributed by atoms with E-state index in [0.29, 0.717) is 11.9 Å². The number of aromatic nitrogens is 3. The van der Waals surface area contributed by atoms with Crippen LogP contribution in [0.4, 0.5) is 0 Å². The van der Waals surface area contributed by atoms with Crippen LogP contribution in [0.5, 0.6) is 0 Å². The molecule has 1 atom stereocenters. The minimum absolute atomic E-state index is 0.0959. The van der Waals surface area contributed by atoms with Crippen LogP contribution < -0.4 is 10.6 Å². The van der Waals surface area contributed by atoms with Crippen LogP contribution in [0.15, 0.2) is 23.8 Å². The molecule has 2 N–H and O–H groups in total. The van der Waals surface area contributed by atoms with Gasteiger partial charge in [-0.3, -0.25) is 4.79 Å². The van der Waals surface area contributed by atoms with Crippen molar-refractivity contribution in [2.45, 2.75) is 51.1 Å². The van der Waals surface area contributed by atoms with Crippen molar-refractivity contribution < 1.29 is 4.79 Å². The average molecular weight is 345 g/mol. The lowest BCUT2D eigenvalue weighted by atomic mass is 10.2. The van der Waals surface area contributed by atoms with E-state index in [2.05, 4.69) is 25.6 Å². The van der Waals surface area contributed by atoms with Crippen LogP contribution in [0.2, 0.25) is 0 Å². The predicted molar refractivity (Wildman–Crippen MR) is 94.7 cm³/mol. The SMILES string of the molecule is CC(NCCc1csc(-c2ncccn2)n1)C(=O)NC1CCCC1. The molecule has 1 aliphatic carbocycles. The Hall–Kier alpha value is -1.86. The Labute approximate surface area is 146 Å². The Morgan fingerprint density at radius 3 is 2.83 bits per heavy atom. The summed E-state index contributed by atoms with van der Waals surface area (Å²) in [6.07, 6.45) is 8.90. The van der Waals surface area contributed by atoms with Gasteiger partial charge < -0.3 is 10.6 Å². The normalized spacial score (nSPS) is 16.2. The molecule has 2 aromatic rings. The van der Waals surface area contributed by atoms with Gasteiger partial charge in [-0.15, -0.1) is 11.3 Å². The first-order valence-corrected chi connectivity index (χ1v) is 9.36. The first-order chi connectivity index (χ1) is 11.7. The maximum Gasteiger partial charge on any atom is 0.237 e. The molecule has 128 valence electrons. The fraction of sp³-hybridized carbons (Fsp3) is 0.529. The minimum Gasteiger partial charge on any atom is -0.352 e. The largest absolute Gasteiger partial charge is 0.352 e. The van der Waals surface area contributed by atoms with E-state index in [1.54, 1.807) is 29.8 Å². The number of thiazole rings is 1. The van der Waals surface area contributed by atoms with Crippen molar-refractivity contribution in [1.82, 2.24) is 25.6 Å². The molecule has 0 spiro atoms. The number of carbonyl (C=O) groups is 1. The lowest BCUT2D eigenvalue weighted by Gasteiger charge is -2.17. The Bertz CT molecular complexity index is 654. The van der Waals surface area contributed by atoms with Gasteiger partial charge in [0.2, 0.25) is 5.91 Å². The van der Waals surface area contributed by atoms with E-state index in [1.807, 2.05) is 12.3 Å². The molecule has 0 aromatic carbocycles. The van der Waals surface area contributed by atoms with Gasteiger partial charge in [-0.25, -0.2) is 15.0 Å². The van der Waals surface area contributed by atoms with Crippen LogP contribution in [-0.4, -0.2) is 39.5 Å². The summed E-state index contributed by atoms with van der Waals surface area (Å²) in [6.45, 7) is 2.63. The summed E-state index contributed by atoms with van der Waals surface area (Å²) in [5, 5.41) is 9.25. The molecule has 1 saturated carbocycles. The molecule has 7 heteroatoms. The van der Waals surface area contributed by atoms with E-state index >= 15 is 0 Å². The number of carbonyl (C=O) groups excluding carboxylic acids is 1. The Morgan fingerprint density at radius 2 is 2.08 bits per heavy atom. The summed E-state index contributed by atoms with van der Waals surface area (Å²) >= 11 is 1.55. The van der Waals surface area contributed by atoms with E-state index in [9.17, 15) is 4.79 Å². The van der Waals surface area contributed by atoms with Gasteiger partial charge in [0.1, 0.15) is 0 Å². The fourth-order valence-electron chi connectivity index (χ4n) is 2.84. The van der Waals surface area contributed by atoms with Crippen molar-refractivity contribution in [2.24, 2.45) is 0 Å². The zero-order chi connectivity index (χ0) is 16.8. The second-order valence-electron chi connectivity index (χ2n) is 6.13. The van der Waals surface area contributed by atoms with Crippen molar-refractivity contribution in [2.75, 3.05) is 6.54 Å². The third kappa shape index (κ3) is 4.58. The maximum atomic E-state index is 12.1. The van der Waals surface area contributed by atoms with Crippen molar-refractivity contribution in [3.8, 4) is 10.8 Å². The molecule has 1 fully saturated rings. The van der Waals surface area contributed by atoms with Crippen LogP contribution >= 0.6 is 11.3 Å². The number of hydrogen-bond donors (Lipinski definition) is 2. The van der Waals surface area contributed by atoms with Crippen LogP contribution in [0.3, 0.4) is 0 Å². The van der Waals surface area contributed by atoms with Gasteiger partial charge in [-0.05, 0) is 25.8 Å². The van der Waals surface area contributed by atoms with E-state index in [-0.39, 0.29) is 11.9 Å². The summed E-state index contributed by atoms with van der Waals surface area (Å²) in [6, 6.07) is 1.98. The fourth-order valence-corrected chi connectivity index (χ4v) is 3.64. The van der Waals surface area contributed by atoms with Crippen molar-refractivity contribution in [3.63, 3.8) is 0 Å².